The summed E-state index contributed by atoms with van der Waals surface area (Å²) in [6.45, 7) is -0.371. The second-order valence-corrected chi connectivity index (χ2v) is 14.2. The van der Waals surface area contributed by atoms with Crippen molar-refractivity contribution in [2.24, 2.45) is 10.8 Å². The summed E-state index contributed by atoms with van der Waals surface area (Å²) in [4.78, 5) is 36.1. The van der Waals surface area contributed by atoms with E-state index in [1.54, 1.807) is 60.2 Å². The van der Waals surface area contributed by atoms with Gasteiger partial charge in [0.1, 0.15) is 0 Å². The van der Waals surface area contributed by atoms with Crippen molar-refractivity contribution in [2.45, 2.75) is 48.3 Å². The smallest absolute Gasteiger partial charge is 0.309 e. The molecule has 2 heterocycles. The topological polar surface area (TPSA) is 126 Å². The molecule has 0 aliphatic heterocycles. The molecule has 0 saturated heterocycles. The van der Waals surface area contributed by atoms with Crippen LogP contribution in [0.1, 0.15) is 49.7 Å². The average molecular weight is 661 g/mol. The lowest BCUT2D eigenvalue weighted by molar-refractivity contribution is -0.168. The molecule has 2 aromatic heterocycles. The normalized spacial score (nSPS) is 15.1. The number of carbonyl (C=O) groups excluding carboxylic acids is 2. The highest BCUT2D eigenvalue weighted by Crippen LogP contribution is 2.54. The molecule has 0 amide bonds. The van der Waals surface area contributed by atoms with Gasteiger partial charge in [-0.25, -0.2) is 0 Å². The number of thioether (sulfide) groups is 2. The zero-order valence-corrected chi connectivity index (χ0v) is 27.3. The van der Waals surface area contributed by atoms with Crippen LogP contribution in [0, 0.1) is 33.5 Å². The molecule has 0 spiro atoms. The van der Waals surface area contributed by atoms with Crippen molar-refractivity contribution in [3.63, 3.8) is 0 Å². The van der Waals surface area contributed by atoms with Crippen LogP contribution in [0.3, 0.4) is 0 Å². The minimum Gasteiger partial charge on any atom is -0.428 e. The number of nitrogens with zero attached hydrogens (tertiary/aromatic N) is 4. The van der Waals surface area contributed by atoms with Gasteiger partial charge in [0.25, 0.3) is 0 Å². The van der Waals surface area contributed by atoms with Gasteiger partial charge in [0.05, 0.1) is 36.1 Å². The maximum atomic E-state index is 12.7. The Morgan fingerprint density at radius 3 is 1.43 bits per heavy atom. The summed E-state index contributed by atoms with van der Waals surface area (Å²) in [5, 5.41) is 18.2. The van der Waals surface area contributed by atoms with Crippen LogP contribution in [0.25, 0.3) is 22.3 Å². The van der Waals surface area contributed by atoms with E-state index in [0.29, 0.717) is 11.1 Å². The van der Waals surface area contributed by atoms with Crippen LogP contribution in [0.5, 0.6) is 0 Å². The predicted octanol–water partition coefficient (Wildman–Crippen LogP) is 7.82. The van der Waals surface area contributed by atoms with E-state index in [1.165, 1.54) is 0 Å². The number of hydrogen-bond donors (Lipinski definition) is 0. The number of esters is 2. The number of aromatic nitrogens is 2. The summed E-state index contributed by atoms with van der Waals surface area (Å²) in [5.74, 6) is 0.810. The van der Waals surface area contributed by atoms with E-state index in [4.69, 9.17) is 20.0 Å². The predicted molar refractivity (Wildman–Crippen MR) is 180 cm³/mol. The second kappa shape index (κ2) is 14.4. The number of rotatable bonds is 14. The van der Waals surface area contributed by atoms with E-state index in [9.17, 15) is 9.59 Å². The summed E-state index contributed by atoms with van der Waals surface area (Å²) in [6, 6.07) is 23.1. The van der Waals surface area contributed by atoms with Gasteiger partial charge in [-0.15, -0.1) is 23.5 Å². The van der Waals surface area contributed by atoms with Crippen LogP contribution in [0.15, 0.2) is 95.2 Å². The van der Waals surface area contributed by atoms with Gasteiger partial charge in [-0.05, 0) is 84.0 Å². The van der Waals surface area contributed by atoms with Crippen molar-refractivity contribution >= 4 is 35.5 Å². The summed E-state index contributed by atoms with van der Waals surface area (Å²) < 4.78 is 10.7. The fraction of sp³-hybridized carbons (Fsp3) is 0.297. The first-order valence-electron chi connectivity index (χ1n) is 15.4. The third-order valence-electron chi connectivity index (χ3n) is 8.67. The van der Waals surface area contributed by atoms with Gasteiger partial charge < -0.3 is 9.47 Å². The van der Waals surface area contributed by atoms with Gasteiger partial charge >= 0.3 is 11.9 Å². The second-order valence-electron chi connectivity index (χ2n) is 12.2. The standard InChI is InChI=1S/C37H32N4O4S2/c38-19-26-1-5-28(6-2-26)30-21-40-15-9-32(30)46-23-36(11-12-36)17-34(42)44-25-45-35(43)18-37(13-14-37)24-47-33-10-16-41-22-31(33)29-7-3-27(20-39)4-8-29/h1-10,15-16,21-22H,11-14,17-18,23-25H2. The van der Waals surface area contributed by atoms with Crippen molar-refractivity contribution in [2.75, 3.05) is 18.3 Å². The van der Waals surface area contributed by atoms with Crippen LogP contribution in [0.4, 0.5) is 0 Å². The minimum atomic E-state index is -0.371. The molecule has 10 heteroatoms. The zero-order valence-electron chi connectivity index (χ0n) is 25.7. The van der Waals surface area contributed by atoms with E-state index in [-0.39, 0.29) is 42.4 Å². The molecule has 2 fully saturated rings. The van der Waals surface area contributed by atoms with Gasteiger partial charge in [-0.2, -0.15) is 10.5 Å². The molecule has 0 N–H and O–H groups in total. The highest BCUT2D eigenvalue weighted by molar-refractivity contribution is 7.99. The van der Waals surface area contributed by atoms with Crippen molar-refractivity contribution in [3.05, 3.63) is 96.6 Å². The lowest BCUT2D eigenvalue weighted by atomic mass is 10.1. The Morgan fingerprint density at radius 1 is 0.660 bits per heavy atom. The monoisotopic (exact) mass is 660 g/mol. The number of pyridine rings is 2. The molecule has 2 aromatic carbocycles. The Morgan fingerprint density at radius 2 is 1.06 bits per heavy atom. The SMILES string of the molecule is N#Cc1ccc(-c2cnccc2SCC2(CC(=O)OCOC(=O)CC3(CSc4ccncc4-c4ccc(C#N)cc4)CC3)CC2)cc1. The number of benzene rings is 2. The number of ether oxygens (including phenoxy) is 2. The summed E-state index contributed by atoms with van der Waals surface area (Å²) in [5.41, 5.74) is 4.92. The number of hydrogen-bond acceptors (Lipinski definition) is 10. The van der Waals surface area contributed by atoms with Crippen molar-refractivity contribution in [1.82, 2.24) is 9.97 Å². The quantitative estimate of drug-likeness (QED) is 0.0750. The van der Waals surface area contributed by atoms with E-state index < -0.39 is 0 Å². The van der Waals surface area contributed by atoms with Gasteiger partial charge in [0.2, 0.25) is 6.79 Å². The maximum Gasteiger partial charge on any atom is 0.309 e. The van der Waals surface area contributed by atoms with Gasteiger partial charge in [-0.1, -0.05) is 24.3 Å². The van der Waals surface area contributed by atoms with Crippen LogP contribution >= 0.6 is 23.5 Å². The molecule has 6 rings (SSSR count). The maximum absolute atomic E-state index is 12.7. The lowest BCUT2D eigenvalue weighted by Crippen LogP contribution is -2.19. The summed E-state index contributed by atoms with van der Waals surface area (Å²) >= 11 is 3.39. The van der Waals surface area contributed by atoms with E-state index in [2.05, 4.69) is 22.1 Å². The Hall–Kier alpha value is -4.64. The van der Waals surface area contributed by atoms with Gasteiger partial charge in [0.15, 0.2) is 0 Å². The van der Waals surface area contributed by atoms with E-state index in [1.807, 2.05) is 48.8 Å². The van der Waals surface area contributed by atoms with Crippen LogP contribution in [-0.2, 0) is 19.1 Å². The highest BCUT2D eigenvalue weighted by Gasteiger charge is 2.46. The molecule has 0 atom stereocenters. The van der Waals surface area contributed by atoms with Gasteiger partial charge in [0, 0.05) is 57.2 Å². The Kier molecular flexibility index (Phi) is 9.91. The Bertz CT molecular complexity index is 1710. The molecule has 4 aromatic rings. The molecule has 0 radical (unpaired) electrons. The number of carbonyl (C=O) groups is 2. The molecule has 8 nitrogen and oxygen atoms in total. The molecule has 0 bridgehead atoms. The third kappa shape index (κ3) is 8.40. The highest BCUT2D eigenvalue weighted by atomic mass is 32.2. The minimum absolute atomic E-state index is 0.129. The Balaban J connectivity index is 0.941. The molecule has 2 saturated carbocycles. The van der Waals surface area contributed by atoms with Gasteiger partial charge in [-0.3, -0.25) is 19.6 Å². The number of nitriles is 2. The third-order valence-corrected chi connectivity index (χ3v) is 11.5. The van der Waals surface area contributed by atoms with Crippen LogP contribution in [-0.4, -0.2) is 40.2 Å². The summed E-state index contributed by atoms with van der Waals surface area (Å²) in [6.07, 6.45) is 11.5. The first-order valence-corrected chi connectivity index (χ1v) is 17.3. The zero-order chi connectivity index (χ0) is 32.7. The largest absolute Gasteiger partial charge is 0.428 e. The van der Waals surface area contributed by atoms with Crippen LogP contribution < -0.4 is 0 Å². The van der Waals surface area contributed by atoms with Crippen molar-refractivity contribution in [1.29, 1.82) is 10.5 Å². The van der Waals surface area contributed by atoms with Crippen LogP contribution in [0.2, 0.25) is 0 Å². The first kappa shape index (κ1) is 32.3. The molecule has 236 valence electrons. The Labute approximate surface area is 282 Å². The van der Waals surface area contributed by atoms with E-state index >= 15 is 0 Å². The summed E-state index contributed by atoms with van der Waals surface area (Å²) in [7, 11) is 0. The fourth-order valence-corrected chi connectivity index (χ4v) is 8.00. The van der Waals surface area contributed by atoms with Crippen molar-refractivity contribution in [3.8, 4) is 34.4 Å². The molecule has 2 aliphatic rings. The average Bonchev–Trinajstić information content (AvgIpc) is 4.05. The molecular weight excluding hydrogens is 629 g/mol. The molecule has 47 heavy (non-hydrogen) atoms. The van der Waals surface area contributed by atoms with Crippen molar-refractivity contribution < 1.29 is 19.1 Å². The molecule has 2 aliphatic carbocycles. The molecular formula is C37H32N4O4S2. The molecule has 0 unspecified atom stereocenters. The fourth-order valence-electron chi connectivity index (χ4n) is 5.33. The van der Waals surface area contributed by atoms with E-state index in [0.717, 1.165) is 69.2 Å². The lowest BCUT2D eigenvalue weighted by Gasteiger charge is -2.17. The first-order chi connectivity index (χ1) is 22.9.